The van der Waals surface area contributed by atoms with Gasteiger partial charge in [0, 0.05) is 6.07 Å². The van der Waals surface area contributed by atoms with E-state index in [9.17, 15) is 0 Å². The van der Waals surface area contributed by atoms with Crippen LogP contribution in [0.3, 0.4) is 0 Å². The molecule has 0 atom stereocenters. The zero-order chi connectivity index (χ0) is 6.69. The molecule has 0 saturated heterocycles. The Morgan fingerprint density at radius 2 is 2.10 bits per heavy atom. The summed E-state index contributed by atoms with van der Waals surface area (Å²) in [5.74, 6) is 0.875. The molecule has 0 radical (unpaired) electrons. The summed E-state index contributed by atoms with van der Waals surface area (Å²) in [6.07, 6.45) is 0. The normalized spacial score (nSPS) is 8.10. The molecule has 0 aliphatic heterocycles. The minimum atomic E-state index is 0. The molecule has 0 amide bonds. The monoisotopic (exact) mass is 161 g/mol. The first kappa shape index (κ1) is 8.97. The molecule has 0 spiro atoms. The molecule has 0 aromatic carbocycles. The molecule has 2 N–H and O–H groups in total. The van der Waals surface area contributed by atoms with E-state index in [1.54, 1.807) is 12.1 Å². The lowest BCUT2D eigenvalue weighted by Gasteiger charge is -1.94. The van der Waals surface area contributed by atoms with E-state index in [-0.39, 0.29) is 12.4 Å². The summed E-state index contributed by atoms with van der Waals surface area (Å²) < 4.78 is 4.74. The van der Waals surface area contributed by atoms with Crippen LogP contribution in [0, 0.1) is 0 Å². The highest BCUT2D eigenvalue weighted by atomic mass is 35.5. The van der Waals surface area contributed by atoms with Crippen LogP contribution in [0.2, 0.25) is 0 Å². The molecule has 10 heavy (non-hydrogen) atoms. The highest BCUT2D eigenvalue weighted by molar-refractivity contribution is 5.85. The molecule has 5 heteroatoms. The second kappa shape index (κ2) is 3.90. The number of anilines is 1. The third kappa shape index (κ3) is 2.06. The number of nitrogens with two attached hydrogens (primary N) is 1. The number of ether oxygens (including phenoxy) is 1. The van der Waals surface area contributed by atoms with E-state index in [1.807, 2.05) is 0 Å². The molecule has 0 saturated carbocycles. The van der Waals surface area contributed by atoms with Crippen molar-refractivity contribution in [2.45, 2.75) is 0 Å². The molecule has 0 fully saturated rings. The average Bonchev–Trinajstić information content (AvgIpc) is 1.90. The first-order valence-corrected chi connectivity index (χ1v) is 2.46. The average molecular weight is 162 g/mol. The number of hydrogen-bond donors (Lipinski definition) is 1. The fourth-order valence-corrected chi connectivity index (χ4v) is 0.439. The van der Waals surface area contributed by atoms with E-state index >= 15 is 0 Å². The number of nitrogen functional groups attached to an aromatic ring is 1. The Morgan fingerprint density at radius 1 is 1.40 bits per heavy atom. The Bertz CT molecular complexity index is 189. The summed E-state index contributed by atoms with van der Waals surface area (Å²) in [5, 5.41) is 7.15. The first-order chi connectivity index (χ1) is 4.33. The number of halogens is 1. The minimum Gasteiger partial charge on any atom is -0.480 e. The topological polar surface area (TPSA) is 61.0 Å². The highest BCUT2D eigenvalue weighted by Gasteiger charge is 1.89. The van der Waals surface area contributed by atoms with E-state index in [2.05, 4.69) is 10.2 Å². The van der Waals surface area contributed by atoms with E-state index in [1.165, 1.54) is 7.11 Å². The lowest BCUT2D eigenvalue weighted by molar-refractivity contribution is 0.392. The van der Waals surface area contributed by atoms with Crippen molar-refractivity contribution >= 4 is 18.2 Å². The standard InChI is InChI=1S/C5H7N3O.ClH/c1-9-5-3-2-4(6)7-8-5;/h2-3H,1H3,(H2,6,7);1H. The van der Waals surface area contributed by atoms with Gasteiger partial charge < -0.3 is 10.5 Å². The van der Waals surface area contributed by atoms with Gasteiger partial charge in [-0.3, -0.25) is 0 Å². The van der Waals surface area contributed by atoms with Crippen molar-refractivity contribution < 1.29 is 4.74 Å². The largest absolute Gasteiger partial charge is 0.480 e. The molecule has 0 bridgehead atoms. The van der Waals surface area contributed by atoms with Crippen LogP contribution in [-0.2, 0) is 0 Å². The van der Waals surface area contributed by atoms with Crippen LogP contribution in [0.25, 0.3) is 0 Å². The van der Waals surface area contributed by atoms with Gasteiger partial charge >= 0.3 is 0 Å². The molecule has 1 heterocycles. The van der Waals surface area contributed by atoms with Crippen molar-refractivity contribution in [3.63, 3.8) is 0 Å². The van der Waals surface area contributed by atoms with Crippen LogP contribution in [0.15, 0.2) is 12.1 Å². The molecule has 56 valence electrons. The zero-order valence-electron chi connectivity index (χ0n) is 5.44. The quantitative estimate of drug-likeness (QED) is 0.651. The molecular weight excluding hydrogens is 154 g/mol. The predicted octanol–water partition coefficient (Wildman–Crippen LogP) is 0.489. The second-order valence-electron chi connectivity index (χ2n) is 1.50. The fourth-order valence-electron chi connectivity index (χ4n) is 0.439. The molecule has 1 aromatic rings. The third-order valence-corrected chi connectivity index (χ3v) is 0.870. The van der Waals surface area contributed by atoms with Crippen molar-refractivity contribution in [2.75, 3.05) is 12.8 Å². The van der Waals surface area contributed by atoms with Gasteiger partial charge in [0.05, 0.1) is 7.11 Å². The van der Waals surface area contributed by atoms with Crippen LogP contribution in [-0.4, -0.2) is 17.3 Å². The maximum absolute atomic E-state index is 5.25. The Kier molecular flexibility index (Phi) is 3.49. The lowest BCUT2D eigenvalue weighted by Crippen LogP contribution is -1.94. The van der Waals surface area contributed by atoms with Crippen LogP contribution >= 0.6 is 12.4 Å². The van der Waals surface area contributed by atoms with Crippen molar-refractivity contribution in [3.05, 3.63) is 12.1 Å². The molecule has 0 aliphatic carbocycles. The summed E-state index contributed by atoms with van der Waals surface area (Å²) in [4.78, 5) is 0. The minimum absolute atomic E-state index is 0. The molecule has 1 aromatic heterocycles. The summed E-state index contributed by atoms with van der Waals surface area (Å²) >= 11 is 0. The van der Waals surface area contributed by atoms with E-state index in [0.717, 1.165) is 0 Å². The predicted molar refractivity (Wildman–Crippen MR) is 40.2 cm³/mol. The maximum Gasteiger partial charge on any atom is 0.233 e. The Balaban J connectivity index is 0.000000810. The van der Waals surface area contributed by atoms with E-state index in [4.69, 9.17) is 10.5 Å². The van der Waals surface area contributed by atoms with Crippen molar-refractivity contribution in [1.29, 1.82) is 0 Å². The fraction of sp³-hybridized carbons (Fsp3) is 0.200. The van der Waals surface area contributed by atoms with Gasteiger partial charge in [-0.15, -0.1) is 22.6 Å². The van der Waals surface area contributed by atoms with Gasteiger partial charge in [0.15, 0.2) is 0 Å². The second-order valence-corrected chi connectivity index (χ2v) is 1.50. The molecule has 0 unspecified atom stereocenters. The Morgan fingerprint density at radius 3 is 2.50 bits per heavy atom. The van der Waals surface area contributed by atoms with E-state index < -0.39 is 0 Å². The lowest BCUT2D eigenvalue weighted by atomic mass is 10.5. The van der Waals surface area contributed by atoms with Gasteiger partial charge in [0.25, 0.3) is 0 Å². The molecule has 4 nitrogen and oxygen atoms in total. The van der Waals surface area contributed by atoms with Crippen LogP contribution < -0.4 is 10.5 Å². The molecular formula is C5H8ClN3O. The zero-order valence-corrected chi connectivity index (χ0v) is 6.26. The van der Waals surface area contributed by atoms with Gasteiger partial charge in [-0.2, -0.15) is 0 Å². The van der Waals surface area contributed by atoms with Crippen molar-refractivity contribution in [1.82, 2.24) is 10.2 Å². The Labute approximate surface area is 64.8 Å². The smallest absolute Gasteiger partial charge is 0.233 e. The van der Waals surface area contributed by atoms with Crippen LogP contribution in [0.1, 0.15) is 0 Å². The summed E-state index contributed by atoms with van der Waals surface area (Å²) in [6, 6.07) is 3.29. The Hall–Kier alpha value is -1.03. The van der Waals surface area contributed by atoms with E-state index in [0.29, 0.717) is 11.7 Å². The maximum atomic E-state index is 5.25. The summed E-state index contributed by atoms with van der Waals surface area (Å²) in [6.45, 7) is 0. The van der Waals surface area contributed by atoms with Crippen molar-refractivity contribution in [3.8, 4) is 5.88 Å². The van der Waals surface area contributed by atoms with Gasteiger partial charge in [-0.1, -0.05) is 0 Å². The summed E-state index contributed by atoms with van der Waals surface area (Å²) in [5.41, 5.74) is 5.25. The molecule has 0 aliphatic rings. The summed E-state index contributed by atoms with van der Waals surface area (Å²) in [7, 11) is 1.53. The van der Waals surface area contributed by atoms with Gasteiger partial charge in [-0.05, 0) is 6.07 Å². The van der Waals surface area contributed by atoms with Crippen molar-refractivity contribution in [2.24, 2.45) is 0 Å². The number of rotatable bonds is 1. The van der Waals surface area contributed by atoms with Crippen LogP contribution in [0.4, 0.5) is 5.82 Å². The number of aromatic nitrogens is 2. The number of methoxy groups -OCH3 is 1. The SMILES string of the molecule is COc1ccc(N)nn1.Cl. The highest BCUT2D eigenvalue weighted by Crippen LogP contribution is 2.02. The number of nitrogens with zero attached hydrogens (tertiary/aromatic N) is 2. The van der Waals surface area contributed by atoms with Gasteiger partial charge in [-0.25, -0.2) is 0 Å². The molecule has 1 rings (SSSR count). The van der Waals surface area contributed by atoms with Crippen LogP contribution in [0.5, 0.6) is 5.88 Å². The van der Waals surface area contributed by atoms with Gasteiger partial charge in [0.1, 0.15) is 5.82 Å². The van der Waals surface area contributed by atoms with Gasteiger partial charge in [0.2, 0.25) is 5.88 Å². The number of hydrogen-bond acceptors (Lipinski definition) is 4. The first-order valence-electron chi connectivity index (χ1n) is 2.46. The third-order valence-electron chi connectivity index (χ3n) is 0.870.